The standard InChI is InChI=1S/C29H34ClN5O4/c1-16-25(30)17(2)35-26(31-16)22-14-33(15-23(22)32-35)27(36)21-8-6-7-9-24(21)38-20-12-18-10-11-19(13-20)34(18)28(37)39-29(3,4)5/h6-9,18-20H,10-15H2,1-5H3/t18-,19+,20+. The molecule has 2 saturated heterocycles. The number of piperidine rings is 1. The fraction of sp³-hybridized carbons (Fsp3) is 0.517. The summed E-state index contributed by atoms with van der Waals surface area (Å²) in [5.41, 5.74) is 4.14. The van der Waals surface area contributed by atoms with E-state index in [1.165, 1.54) is 0 Å². The Morgan fingerprint density at radius 1 is 1.05 bits per heavy atom. The Morgan fingerprint density at radius 3 is 2.44 bits per heavy atom. The van der Waals surface area contributed by atoms with Crippen molar-refractivity contribution < 1.29 is 19.1 Å². The first-order valence-electron chi connectivity index (χ1n) is 13.6. The molecule has 3 atom stereocenters. The highest BCUT2D eigenvalue weighted by Crippen LogP contribution is 2.39. The molecule has 3 aromatic rings. The number of halogens is 1. The third-order valence-corrected chi connectivity index (χ3v) is 8.50. The lowest BCUT2D eigenvalue weighted by Crippen LogP contribution is -2.50. The van der Waals surface area contributed by atoms with Crippen molar-refractivity contribution in [3.8, 4) is 5.75 Å². The van der Waals surface area contributed by atoms with E-state index in [1.807, 2.05) is 63.8 Å². The number of aromatic nitrogens is 3. The van der Waals surface area contributed by atoms with Gasteiger partial charge in [0.15, 0.2) is 5.65 Å². The van der Waals surface area contributed by atoms with E-state index in [0.717, 1.165) is 54.0 Å². The van der Waals surface area contributed by atoms with Gasteiger partial charge in [0.2, 0.25) is 0 Å². The molecule has 2 bridgehead atoms. The molecular weight excluding hydrogens is 518 g/mol. The molecule has 5 heterocycles. The van der Waals surface area contributed by atoms with Crippen LogP contribution in [0.1, 0.15) is 79.5 Å². The SMILES string of the molecule is Cc1nc2c3c(nn2c(C)c1Cl)CN(C(=O)c1ccccc1O[C@H]1C[C@H]2CC[C@@H](C1)N2C(=O)OC(C)(C)C)C3. The number of ether oxygens (including phenoxy) is 2. The molecule has 0 radical (unpaired) electrons. The van der Waals surface area contributed by atoms with Crippen LogP contribution in [0.5, 0.6) is 5.75 Å². The average molecular weight is 552 g/mol. The normalized spacial score (nSPS) is 22.4. The maximum absolute atomic E-state index is 13.7. The number of hydrogen-bond acceptors (Lipinski definition) is 6. The summed E-state index contributed by atoms with van der Waals surface area (Å²) in [4.78, 5) is 34.9. The molecule has 6 rings (SSSR count). The molecule has 1 aromatic carbocycles. The molecule has 9 nitrogen and oxygen atoms in total. The van der Waals surface area contributed by atoms with Gasteiger partial charge in [0.1, 0.15) is 17.5 Å². The van der Waals surface area contributed by atoms with Crippen LogP contribution < -0.4 is 4.74 Å². The molecule has 0 spiro atoms. The number of hydrogen-bond donors (Lipinski definition) is 0. The van der Waals surface area contributed by atoms with Gasteiger partial charge in [0.05, 0.1) is 40.8 Å². The highest BCUT2D eigenvalue weighted by atomic mass is 35.5. The number of carbonyl (C=O) groups excluding carboxylic acids is 2. The number of benzene rings is 1. The Balaban J connectivity index is 1.17. The average Bonchev–Trinajstić information content (AvgIpc) is 3.52. The highest BCUT2D eigenvalue weighted by Gasteiger charge is 2.46. The summed E-state index contributed by atoms with van der Waals surface area (Å²) in [6, 6.07) is 7.60. The van der Waals surface area contributed by atoms with E-state index < -0.39 is 5.60 Å². The molecule has 2 amide bonds. The third-order valence-electron chi connectivity index (χ3n) is 7.95. The lowest BCUT2D eigenvalue weighted by molar-refractivity contribution is -0.00715. The van der Waals surface area contributed by atoms with E-state index in [2.05, 4.69) is 4.98 Å². The number of para-hydroxylation sites is 1. The van der Waals surface area contributed by atoms with Gasteiger partial charge < -0.3 is 19.3 Å². The fourth-order valence-electron chi connectivity index (χ4n) is 6.19. The summed E-state index contributed by atoms with van der Waals surface area (Å²) in [7, 11) is 0. The monoisotopic (exact) mass is 551 g/mol. The molecule has 0 aliphatic carbocycles. The van der Waals surface area contributed by atoms with Gasteiger partial charge in [-0.05, 0) is 59.6 Å². The predicted molar refractivity (Wildman–Crippen MR) is 146 cm³/mol. The Bertz CT molecular complexity index is 1460. The van der Waals surface area contributed by atoms with Crippen molar-refractivity contribution in [2.24, 2.45) is 0 Å². The van der Waals surface area contributed by atoms with E-state index in [1.54, 1.807) is 9.42 Å². The minimum absolute atomic E-state index is 0.0741. The largest absolute Gasteiger partial charge is 0.489 e. The quantitative estimate of drug-likeness (QED) is 0.429. The lowest BCUT2D eigenvalue weighted by atomic mass is 10.00. The molecule has 39 heavy (non-hydrogen) atoms. The summed E-state index contributed by atoms with van der Waals surface area (Å²) in [5.74, 6) is 0.478. The van der Waals surface area contributed by atoms with Gasteiger partial charge in [-0.1, -0.05) is 23.7 Å². The van der Waals surface area contributed by atoms with Crippen LogP contribution in [0, 0.1) is 13.8 Å². The molecule has 0 N–H and O–H groups in total. The molecule has 206 valence electrons. The summed E-state index contributed by atoms with van der Waals surface area (Å²) in [6.07, 6.45) is 3.00. The molecule has 3 aliphatic heterocycles. The van der Waals surface area contributed by atoms with Crippen molar-refractivity contribution in [3.05, 3.63) is 57.5 Å². The van der Waals surface area contributed by atoms with Crippen molar-refractivity contribution in [2.75, 3.05) is 0 Å². The van der Waals surface area contributed by atoms with Crippen LogP contribution in [-0.4, -0.2) is 60.2 Å². The highest BCUT2D eigenvalue weighted by molar-refractivity contribution is 6.31. The first kappa shape index (κ1) is 25.9. The van der Waals surface area contributed by atoms with Crippen LogP contribution >= 0.6 is 11.6 Å². The van der Waals surface area contributed by atoms with Gasteiger partial charge in [0, 0.05) is 30.5 Å². The summed E-state index contributed by atoms with van der Waals surface area (Å²) >= 11 is 6.38. The van der Waals surface area contributed by atoms with Gasteiger partial charge in [-0.15, -0.1) is 0 Å². The number of carbonyl (C=O) groups is 2. The Labute approximate surface area is 233 Å². The van der Waals surface area contributed by atoms with Crippen LogP contribution in [0.15, 0.2) is 24.3 Å². The zero-order chi connectivity index (χ0) is 27.6. The number of rotatable bonds is 3. The van der Waals surface area contributed by atoms with E-state index in [9.17, 15) is 9.59 Å². The topological polar surface area (TPSA) is 89.3 Å². The molecule has 3 aliphatic rings. The third kappa shape index (κ3) is 4.60. The lowest BCUT2D eigenvalue weighted by Gasteiger charge is -2.39. The van der Waals surface area contributed by atoms with Gasteiger partial charge in [-0.3, -0.25) is 4.79 Å². The molecule has 2 aromatic heterocycles. The predicted octanol–water partition coefficient (Wildman–Crippen LogP) is 5.46. The summed E-state index contributed by atoms with van der Waals surface area (Å²) in [5, 5.41) is 5.31. The van der Waals surface area contributed by atoms with Gasteiger partial charge >= 0.3 is 6.09 Å². The van der Waals surface area contributed by atoms with E-state index in [-0.39, 0.29) is 30.2 Å². The first-order chi connectivity index (χ1) is 18.5. The Hall–Kier alpha value is -3.33. The zero-order valence-corrected chi connectivity index (χ0v) is 23.8. The van der Waals surface area contributed by atoms with Gasteiger partial charge in [-0.25, -0.2) is 14.3 Å². The van der Waals surface area contributed by atoms with Crippen molar-refractivity contribution in [3.63, 3.8) is 0 Å². The van der Waals surface area contributed by atoms with Crippen molar-refractivity contribution >= 4 is 29.2 Å². The van der Waals surface area contributed by atoms with Crippen LogP contribution in [0.25, 0.3) is 5.65 Å². The van der Waals surface area contributed by atoms with E-state index >= 15 is 0 Å². The number of nitrogens with zero attached hydrogens (tertiary/aromatic N) is 5. The van der Waals surface area contributed by atoms with Crippen molar-refractivity contribution in [1.29, 1.82) is 0 Å². The summed E-state index contributed by atoms with van der Waals surface area (Å²) < 4.78 is 13.9. The molecule has 0 unspecified atom stereocenters. The maximum Gasteiger partial charge on any atom is 0.410 e. The molecule has 0 saturated carbocycles. The molecular formula is C29H34ClN5O4. The Morgan fingerprint density at radius 2 is 1.74 bits per heavy atom. The minimum atomic E-state index is -0.525. The van der Waals surface area contributed by atoms with E-state index in [0.29, 0.717) is 29.4 Å². The van der Waals surface area contributed by atoms with Gasteiger partial charge in [0.25, 0.3) is 5.91 Å². The second-order valence-electron chi connectivity index (χ2n) is 11.9. The Kier molecular flexibility index (Phi) is 6.25. The van der Waals surface area contributed by atoms with Crippen molar-refractivity contribution in [1.82, 2.24) is 24.4 Å². The minimum Gasteiger partial charge on any atom is -0.489 e. The number of amides is 2. The van der Waals surface area contributed by atoms with Crippen molar-refractivity contribution in [2.45, 2.75) is 97.2 Å². The second-order valence-corrected chi connectivity index (χ2v) is 12.3. The molecule has 10 heteroatoms. The smallest absolute Gasteiger partial charge is 0.410 e. The summed E-state index contributed by atoms with van der Waals surface area (Å²) in [6.45, 7) is 10.3. The molecule has 2 fully saturated rings. The van der Waals surface area contributed by atoms with Crippen LogP contribution in [0.3, 0.4) is 0 Å². The zero-order valence-electron chi connectivity index (χ0n) is 23.0. The van der Waals surface area contributed by atoms with E-state index in [4.69, 9.17) is 26.2 Å². The van der Waals surface area contributed by atoms with Crippen LogP contribution in [-0.2, 0) is 17.8 Å². The second kappa shape index (κ2) is 9.40. The number of fused-ring (bicyclic) bond motifs is 5. The first-order valence-corrected chi connectivity index (χ1v) is 14.0. The van der Waals surface area contributed by atoms with Gasteiger partial charge in [-0.2, -0.15) is 5.10 Å². The van der Waals surface area contributed by atoms with Crippen LogP contribution in [0.4, 0.5) is 4.79 Å². The number of aryl methyl sites for hydroxylation is 2. The fourth-order valence-corrected chi connectivity index (χ4v) is 6.31. The maximum atomic E-state index is 13.7. The van der Waals surface area contributed by atoms with Crippen LogP contribution in [0.2, 0.25) is 5.02 Å².